The zero-order valence-electron chi connectivity index (χ0n) is 13.6. The number of nitriles is 1. The van der Waals surface area contributed by atoms with Crippen molar-refractivity contribution in [1.82, 2.24) is 4.57 Å². The Labute approximate surface area is 128 Å². The van der Waals surface area contributed by atoms with Crippen molar-refractivity contribution in [2.75, 3.05) is 23.7 Å². The summed E-state index contributed by atoms with van der Waals surface area (Å²) >= 11 is 0. The monoisotopic (exact) mass is 288 g/mol. The Kier molecular flexibility index (Phi) is 5.17. The van der Waals surface area contributed by atoms with Crippen LogP contribution < -0.4 is 10.6 Å². The van der Waals surface area contributed by atoms with Crippen LogP contribution in [0.15, 0.2) is 6.07 Å². The van der Waals surface area contributed by atoms with Gasteiger partial charge in [-0.15, -0.1) is 0 Å². The average Bonchev–Trinajstić information content (AvgIpc) is 2.74. The molecule has 0 bridgehead atoms. The van der Waals surface area contributed by atoms with E-state index in [9.17, 15) is 5.26 Å². The van der Waals surface area contributed by atoms with Gasteiger partial charge in [-0.25, -0.2) is 0 Å². The van der Waals surface area contributed by atoms with Gasteiger partial charge in [-0.1, -0.05) is 33.6 Å². The second kappa shape index (κ2) is 6.89. The molecule has 2 rings (SSSR count). The van der Waals surface area contributed by atoms with E-state index in [0.29, 0.717) is 17.5 Å². The molecule has 4 nitrogen and oxygen atoms in total. The lowest BCUT2D eigenvalue weighted by molar-refractivity contribution is 0.353. The molecule has 1 aromatic heterocycles. The number of piperidine rings is 1. The Bertz CT molecular complexity index is 502. The van der Waals surface area contributed by atoms with Crippen LogP contribution >= 0.6 is 0 Å². The minimum absolute atomic E-state index is 0.678. The smallest absolute Gasteiger partial charge is 0.133 e. The van der Waals surface area contributed by atoms with Crippen molar-refractivity contribution < 1.29 is 0 Å². The van der Waals surface area contributed by atoms with Gasteiger partial charge in [0, 0.05) is 19.6 Å². The number of hydrogen-bond acceptors (Lipinski definition) is 3. The molecule has 1 fully saturated rings. The predicted molar refractivity (Wildman–Crippen MR) is 88.2 cm³/mol. The molecule has 0 unspecified atom stereocenters. The van der Waals surface area contributed by atoms with E-state index in [1.165, 1.54) is 19.3 Å². The molecule has 2 heterocycles. The lowest BCUT2D eigenvalue weighted by Crippen LogP contribution is -2.40. The Hall–Kier alpha value is -1.63. The summed E-state index contributed by atoms with van der Waals surface area (Å²) in [6.07, 6.45) is 4.75. The van der Waals surface area contributed by atoms with E-state index in [1.807, 2.05) is 6.07 Å². The highest BCUT2D eigenvalue weighted by atomic mass is 15.3. The van der Waals surface area contributed by atoms with Crippen molar-refractivity contribution in [2.45, 2.75) is 53.0 Å². The maximum atomic E-state index is 9.37. The third kappa shape index (κ3) is 3.53. The van der Waals surface area contributed by atoms with Crippen LogP contribution in [-0.2, 0) is 6.54 Å². The number of nitrogens with zero attached hydrogens (tertiary/aromatic N) is 3. The molecule has 0 spiro atoms. The van der Waals surface area contributed by atoms with Gasteiger partial charge >= 0.3 is 0 Å². The van der Waals surface area contributed by atoms with E-state index in [-0.39, 0.29) is 0 Å². The van der Waals surface area contributed by atoms with Gasteiger partial charge in [0.25, 0.3) is 0 Å². The van der Waals surface area contributed by atoms with Crippen molar-refractivity contribution in [3.8, 4) is 6.07 Å². The van der Waals surface area contributed by atoms with Gasteiger partial charge in [0.2, 0.25) is 0 Å². The minimum Gasteiger partial charge on any atom is -0.396 e. The number of hydrogen-bond donors (Lipinski definition) is 1. The molecule has 1 aromatic rings. The molecular formula is C17H28N4. The molecule has 0 aromatic carbocycles. The van der Waals surface area contributed by atoms with Crippen LogP contribution in [0.4, 0.5) is 11.5 Å². The quantitative estimate of drug-likeness (QED) is 0.842. The maximum Gasteiger partial charge on any atom is 0.133 e. The fraction of sp³-hybridized carbons (Fsp3) is 0.706. The van der Waals surface area contributed by atoms with Crippen molar-refractivity contribution >= 4 is 11.5 Å². The summed E-state index contributed by atoms with van der Waals surface area (Å²) in [6, 6.07) is 4.14. The lowest BCUT2D eigenvalue weighted by atomic mass is 9.92. The van der Waals surface area contributed by atoms with Crippen LogP contribution in [0.25, 0.3) is 0 Å². The second-order valence-electron chi connectivity index (χ2n) is 6.63. The van der Waals surface area contributed by atoms with Crippen LogP contribution in [0.2, 0.25) is 0 Å². The summed E-state index contributed by atoms with van der Waals surface area (Å²) in [5.74, 6) is 2.43. The highest BCUT2D eigenvalue weighted by Crippen LogP contribution is 2.33. The molecule has 0 aliphatic carbocycles. The molecule has 2 atom stereocenters. The van der Waals surface area contributed by atoms with Gasteiger partial charge in [0.1, 0.15) is 17.6 Å². The van der Waals surface area contributed by atoms with Crippen LogP contribution in [0.3, 0.4) is 0 Å². The first-order valence-corrected chi connectivity index (χ1v) is 8.20. The minimum atomic E-state index is 0.678. The highest BCUT2D eigenvalue weighted by Gasteiger charge is 2.26. The second-order valence-corrected chi connectivity index (χ2v) is 6.63. The molecule has 0 radical (unpaired) electrons. The normalized spacial score (nSPS) is 22.3. The number of anilines is 2. The van der Waals surface area contributed by atoms with Gasteiger partial charge in [0.05, 0.1) is 5.69 Å². The zero-order chi connectivity index (χ0) is 15.4. The predicted octanol–water partition coefficient (Wildman–Crippen LogP) is 3.61. The summed E-state index contributed by atoms with van der Waals surface area (Å²) in [4.78, 5) is 2.39. The third-order valence-corrected chi connectivity index (χ3v) is 4.37. The number of nitrogen functional groups attached to an aromatic ring is 1. The third-order valence-electron chi connectivity index (χ3n) is 4.37. The number of rotatable bonds is 5. The molecule has 4 heteroatoms. The first-order valence-electron chi connectivity index (χ1n) is 8.20. The standard InChI is InChI=1S/C17H28N4/c1-4-5-6-7-21-15(10-18)9-16(19)17(21)20-11-13(2)8-14(3)12-20/h9,13-14H,4-8,11-12,19H2,1-3H3/t13-,14+. The van der Waals surface area contributed by atoms with E-state index < -0.39 is 0 Å². The summed E-state index contributed by atoms with van der Waals surface area (Å²) in [7, 11) is 0. The van der Waals surface area contributed by atoms with Crippen molar-refractivity contribution in [1.29, 1.82) is 5.26 Å². The molecular weight excluding hydrogens is 260 g/mol. The molecule has 0 saturated carbocycles. The Morgan fingerprint density at radius 1 is 1.29 bits per heavy atom. The van der Waals surface area contributed by atoms with Gasteiger partial charge < -0.3 is 15.2 Å². The number of aromatic nitrogens is 1. The molecule has 0 amide bonds. The van der Waals surface area contributed by atoms with E-state index in [4.69, 9.17) is 5.73 Å². The van der Waals surface area contributed by atoms with Crippen molar-refractivity contribution in [2.24, 2.45) is 11.8 Å². The lowest BCUT2D eigenvalue weighted by Gasteiger charge is -2.37. The zero-order valence-corrected chi connectivity index (χ0v) is 13.6. The summed E-state index contributed by atoms with van der Waals surface area (Å²) in [6.45, 7) is 9.77. The molecule has 1 aliphatic rings. The Morgan fingerprint density at radius 2 is 1.95 bits per heavy atom. The summed E-state index contributed by atoms with van der Waals surface area (Å²) in [5, 5.41) is 9.37. The molecule has 21 heavy (non-hydrogen) atoms. The first kappa shape index (κ1) is 15.8. The van der Waals surface area contributed by atoms with E-state index in [0.717, 1.165) is 37.6 Å². The van der Waals surface area contributed by atoms with Crippen LogP contribution in [0, 0.1) is 23.2 Å². The fourth-order valence-corrected chi connectivity index (χ4v) is 3.59. The van der Waals surface area contributed by atoms with Gasteiger partial charge in [-0.05, 0) is 30.7 Å². The Balaban J connectivity index is 2.28. The van der Waals surface area contributed by atoms with Crippen LogP contribution in [0.1, 0.15) is 52.1 Å². The van der Waals surface area contributed by atoms with E-state index in [1.54, 1.807) is 0 Å². The van der Waals surface area contributed by atoms with Crippen LogP contribution in [-0.4, -0.2) is 17.7 Å². The average molecular weight is 288 g/mol. The molecule has 1 saturated heterocycles. The van der Waals surface area contributed by atoms with Gasteiger partial charge in [-0.2, -0.15) is 5.26 Å². The van der Waals surface area contributed by atoms with Gasteiger partial charge in [-0.3, -0.25) is 0 Å². The summed E-state index contributed by atoms with van der Waals surface area (Å²) in [5.41, 5.74) is 7.68. The summed E-state index contributed by atoms with van der Waals surface area (Å²) < 4.78 is 2.13. The number of unbranched alkanes of at least 4 members (excludes halogenated alkanes) is 2. The maximum absolute atomic E-state index is 9.37. The topological polar surface area (TPSA) is 58.0 Å². The van der Waals surface area contributed by atoms with Crippen molar-refractivity contribution in [3.05, 3.63) is 11.8 Å². The first-order chi connectivity index (χ1) is 10.1. The van der Waals surface area contributed by atoms with Crippen molar-refractivity contribution in [3.63, 3.8) is 0 Å². The number of nitrogens with two attached hydrogens (primary N) is 1. The SMILES string of the molecule is CCCCCn1c(C#N)cc(N)c1N1C[C@H](C)C[C@H](C)C1. The fourth-order valence-electron chi connectivity index (χ4n) is 3.59. The molecule has 1 aliphatic heterocycles. The largest absolute Gasteiger partial charge is 0.396 e. The van der Waals surface area contributed by atoms with E-state index in [2.05, 4.69) is 36.3 Å². The van der Waals surface area contributed by atoms with Gasteiger partial charge in [0.15, 0.2) is 0 Å². The Morgan fingerprint density at radius 3 is 2.52 bits per heavy atom. The highest BCUT2D eigenvalue weighted by molar-refractivity contribution is 5.68. The molecule has 2 N–H and O–H groups in total. The molecule has 116 valence electrons. The van der Waals surface area contributed by atoms with E-state index >= 15 is 0 Å². The van der Waals surface area contributed by atoms with Crippen LogP contribution in [0.5, 0.6) is 0 Å².